The Morgan fingerprint density at radius 3 is 2.59 bits per heavy atom. The molecule has 0 radical (unpaired) electrons. The van der Waals surface area contributed by atoms with Crippen LogP contribution in [0.5, 0.6) is 0 Å². The summed E-state index contributed by atoms with van der Waals surface area (Å²) in [6.07, 6.45) is 2.93. The van der Waals surface area contributed by atoms with Crippen LogP contribution in [0, 0.1) is 0 Å². The molecular weight excluding hydrogens is 226 g/mol. The van der Waals surface area contributed by atoms with Gasteiger partial charge in [-0.05, 0) is 12.8 Å². The molecule has 0 aliphatic rings. The van der Waals surface area contributed by atoms with Crippen molar-refractivity contribution in [3.63, 3.8) is 0 Å². The van der Waals surface area contributed by atoms with Gasteiger partial charge in [0.25, 0.3) is 6.47 Å². The van der Waals surface area contributed by atoms with Gasteiger partial charge >= 0.3 is 5.97 Å². The summed E-state index contributed by atoms with van der Waals surface area (Å²) in [7, 11) is 0. The summed E-state index contributed by atoms with van der Waals surface area (Å²) in [5.41, 5.74) is 0. The molecular formula is C11H19NO5. The number of ether oxygens (including phenoxy) is 2. The van der Waals surface area contributed by atoms with Gasteiger partial charge in [-0.15, -0.1) is 0 Å². The Bertz CT molecular complexity index is 220. The minimum Gasteiger partial charge on any atom is -0.468 e. The Balaban J connectivity index is 3.17. The minimum absolute atomic E-state index is 0.264. The highest BCUT2D eigenvalue weighted by Crippen LogP contribution is 1.93. The monoisotopic (exact) mass is 245 g/mol. The van der Waals surface area contributed by atoms with E-state index in [4.69, 9.17) is 4.74 Å². The van der Waals surface area contributed by atoms with Crippen LogP contribution >= 0.6 is 0 Å². The number of hydrogen-bond donors (Lipinski definition) is 1. The lowest BCUT2D eigenvalue weighted by Gasteiger charge is -2.05. The first kappa shape index (κ1) is 15.6. The maximum absolute atomic E-state index is 11.1. The standard InChI is InChI=1S/C11H19NO5/c13-7-3-5-12-6-4-11(15)17-9-2-1-8-16-10-14/h7,10,12H,1-6,8-9H2. The molecule has 0 saturated heterocycles. The zero-order valence-electron chi connectivity index (χ0n) is 9.85. The number of carbonyl (C=O) groups is 3. The van der Waals surface area contributed by atoms with Crippen molar-refractivity contribution < 1.29 is 23.9 Å². The van der Waals surface area contributed by atoms with Crippen molar-refractivity contribution in [3.8, 4) is 0 Å². The topological polar surface area (TPSA) is 81.7 Å². The largest absolute Gasteiger partial charge is 0.468 e. The van der Waals surface area contributed by atoms with Gasteiger partial charge < -0.3 is 19.6 Å². The number of rotatable bonds is 12. The third-order valence-corrected chi connectivity index (χ3v) is 1.93. The summed E-state index contributed by atoms with van der Waals surface area (Å²) in [6, 6.07) is 0. The van der Waals surface area contributed by atoms with Crippen molar-refractivity contribution >= 4 is 18.7 Å². The summed E-state index contributed by atoms with van der Waals surface area (Å²) in [5, 5.41) is 2.94. The molecule has 0 aliphatic carbocycles. The zero-order chi connectivity index (χ0) is 12.8. The van der Waals surface area contributed by atoms with E-state index in [9.17, 15) is 14.4 Å². The van der Waals surface area contributed by atoms with Gasteiger partial charge in [0.05, 0.1) is 19.6 Å². The van der Waals surface area contributed by atoms with Crippen LogP contribution in [0.4, 0.5) is 0 Å². The van der Waals surface area contributed by atoms with Crippen molar-refractivity contribution in [3.05, 3.63) is 0 Å². The fraction of sp³-hybridized carbons (Fsp3) is 0.727. The first-order valence-corrected chi connectivity index (χ1v) is 5.66. The summed E-state index contributed by atoms with van der Waals surface area (Å²) < 4.78 is 9.42. The molecule has 0 bridgehead atoms. The van der Waals surface area contributed by atoms with Gasteiger partial charge in [0.1, 0.15) is 6.29 Å². The molecule has 98 valence electrons. The first-order valence-electron chi connectivity index (χ1n) is 5.66. The van der Waals surface area contributed by atoms with Gasteiger partial charge in [-0.3, -0.25) is 9.59 Å². The quantitative estimate of drug-likeness (QED) is 0.297. The number of unbranched alkanes of at least 4 members (excludes halogenated alkanes) is 1. The van der Waals surface area contributed by atoms with E-state index in [1.165, 1.54) is 0 Å². The van der Waals surface area contributed by atoms with E-state index in [1.807, 2.05) is 0 Å². The van der Waals surface area contributed by atoms with Gasteiger partial charge in [-0.25, -0.2) is 0 Å². The third-order valence-electron chi connectivity index (χ3n) is 1.93. The van der Waals surface area contributed by atoms with Crippen LogP contribution in [0.25, 0.3) is 0 Å². The Morgan fingerprint density at radius 2 is 1.88 bits per heavy atom. The van der Waals surface area contributed by atoms with E-state index in [0.29, 0.717) is 58.5 Å². The molecule has 0 spiro atoms. The smallest absolute Gasteiger partial charge is 0.307 e. The SMILES string of the molecule is O=CCCNCCC(=O)OCCCCOC=O. The van der Waals surface area contributed by atoms with Crippen molar-refractivity contribution in [1.29, 1.82) is 0 Å². The molecule has 0 atom stereocenters. The molecule has 6 heteroatoms. The number of aldehydes is 1. The number of nitrogens with one attached hydrogen (secondary N) is 1. The van der Waals surface area contributed by atoms with Crippen LogP contribution in [0.3, 0.4) is 0 Å². The maximum Gasteiger partial charge on any atom is 0.307 e. The molecule has 6 nitrogen and oxygen atoms in total. The van der Waals surface area contributed by atoms with Crippen LogP contribution in [0.15, 0.2) is 0 Å². The molecule has 17 heavy (non-hydrogen) atoms. The van der Waals surface area contributed by atoms with Crippen LogP contribution < -0.4 is 5.32 Å². The zero-order valence-corrected chi connectivity index (χ0v) is 9.85. The second-order valence-corrected chi connectivity index (χ2v) is 3.35. The molecule has 0 aliphatic heterocycles. The molecule has 0 unspecified atom stereocenters. The average Bonchev–Trinajstić information content (AvgIpc) is 2.33. The van der Waals surface area contributed by atoms with Gasteiger partial charge in [0.2, 0.25) is 0 Å². The molecule has 0 heterocycles. The molecule has 0 aromatic carbocycles. The molecule has 0 fully saturated rings. The van der Waals surface area contributed by atoms with Crippen molar-refractivity contribution in [2.75, 3.05) is 26.3 Å². The highest BCUT2D eigenvalue weighted by molar-refractivity contribution is 5.69. The molecule has 1 N–H and O–H groups in total. The molecule has 0 aromatic rings. The second-order valence-electron chi connectivity index (χ2n) is 3.35. The maximum atomic E-state index is 11.1. The van der Waals surface area contributed by atoms with E-state index < -0.39 is 0 Å². The van der Waals surface area contributed by atoms with E-state index in [2.05, 4.69) is 10.1 Å². The van der Waals surface area contributed by atoms with Gasteiger partial charge in [0.15, 0.2) is 0 Å². The second kappa shape index (κ2) is 12.6. The van der Waals surface area contributed by atoms with Gasteiger partial charge in [-0.2, -0.15) is 0 Å². The number of carbonyl (C=O) groups excluding carboxylic acids is 3. The fourth-order valence-corrected chi connectivity index (χ4v) is 1.07. The average molecular weight is 245 g/mol. The Hall–Kier alpha value is -1.43. The predicted octanol–water partition coefficient (Wildman–Crippen LogP) is 0.0515. The van der Waals surface area contributed by atoms with Crippen LogP contribution in [0.1, 0.15) is 25.7 Å². The van der Waals surface area contributed by atoms with Crippen LogP contribution in [-0.4, -0.2) is 45.0 Å². The summed E-state index contributed by atoms with van der Waals surface area (Å²) in [5.74, 6) is -0.264. The third kappa shape index (κ3) is 12.5. The normalized spacial score (nSPS) is 9.65. The first-order chi connectivity index (χ1) is 8.31. The van der Waals surface area contributed by atoms with E-state index in [1.54, 1.807) is 0 Å². The van der Waals surface area contributed by atoms with Gasteiger partial charge in [0, 0.05) is 19.5 Å². The lowest BCUT2D eigenvalue weighted by Crippen LogP contribution is -2.20. The molecule has 0 aromatic heterocycles. The van der Waals surface area contributed by atoms with E-state index >= 15 is 0 Å². The van der Waals surface area contributed by atoms with E-state index in [-0.39, 0.29) is 5.97 Å². The van der Waals surface area contributed by atoms with E-state index in [0.717, 1.165) is 6.29 Å². The summed E-state index contributed by atoms with van der Waals surface area (Å²) >= 11 is 0. The lowest BCUT2D eigenvalue weighted by molar-refractivity contribution is -0.144. The van der Waals surface area contributed by atoms with Crippen LogP contribution in [-0.2, 0) is 23.9 Å². The lowest BCUT2D eigenvalue weighted by atomic mass is 10.3. The van der Waals surface area contributed by atoms with Crippen molar-refractivity contribution in [2.45, 2.75) is 25.7 Å². The Morgan fingerprint density at radius 1 is 1.12 bits per heavy atom. The van der Waals surface area contributed by atoms with Crippen molar-refractivity contribution in [2.24, 2.45) is 0 Å². The number of esters is 1. The number of hydrogen-bond acceptors (Lipinski definition) is 6. The predicted molar refractivity (Wildman–Crippen MR) is 60.4 cm³/mol. The fourth-order valence-electron chi connectivity index (χ4n) is 1.07. The molecule has 0 amide bonds. The van der Waals surface area contributed by atoms with Crippen LogP contribution in [0.2, 0.25) is 0 Å². The summed E-state index contributed by atoms with van der Waals surface area (Å²) in [4.78, 5) is 30.9. The Kier molecular flexibility index (Phi) is 11.6. The van der Waals surface area contributed by atoms with Gasteiger partial charge in [-0.1, -0.05) is 0 Å². The van der Waals surface area contributed by atoms with Crippen molar-refractivity contribution in [1.82, 2.24) is 5.32 Å². The minimum atomic E-state index is -0.264. The highest BCUT2D eigenvalue weighted by Gasteiger charge is 2.01. The highest BCUT2D eigenvalue weighted by atomic mass is 16.5. The summed E-state index contributed by atoms with van der Waals surface area (Å²) in [6.45, 7) is 2.20. The molecule has 0 saturated carbocycles. The molecule has 0 rings (SSSR count). The Labute approximate surface area is 101 Å².